The lowest BCUT2D eigenvalue weighted by atomic mass is 10.2. The highest BCUT2D eigenvalue weighted by molar-refractivity contribution is 7.80. The first-order valence-electron chi connectivity index (χ1n) is 5.98. The first-order chi connectivity index (χ1) is 9.00. The number of imidazole rings is 1. The lowest BCUT2D eigenvalue weighted by Gasteiger charge is -2.12. The van der Waals surface area contributed by atoms with Crippen molar-refractivity contribution in [2.24, 2.45) is 5.73 Å². The molecular weight excluding hydrogens is 260 g/mol. The molecule has 0 amide bonds. The summed E-state index contributed by atoms with van der Waals surface area (Å²) in [6, 6.07) is 3.54. The smallest absolute Gasteiger partial charge is 0.261 e. The maximum absolute atomic E-state index is 12.2. The summed E-state index contributed by atoms with van der Waals surface area (Å²) < 4.78 is 3.69. The zero-order chi connectivity index (χ0) is 14.0. The van der Waals surface area contributed by atoms with E-state index in [1.165, 1.54) is 0 Å². The van der Waals surface area contributed by atoms with Crippen LogP contribution in [0.2, 0.25) is 0 Å². The highest BCUT2D eigenvalue weighted by atomic mass is 32.1. The standard InChI is InChI=1S/C13H16N4OS/c1-9-3-4-11(12(14)19)13(18)17(9)8-7-16-6-5-15-10(16)2/h3-6H,7-8H2,1-2H3,(H2,14,19). The summed E-state index contributed by atoms with van der Waals surface area (Å²) in [4.78, 5) is 16.5. The highest BCUT2D eigenvalue weighted by Gasteiger charge is 2.08. The quantitative estimate of drug-likeness (QED) is 0.846. The fraction of sp³-hybridized carbons (Fsp3) is 0.308. The van der Waals surface area contributed by atoms with Crippen LogP contribution in [0.15, 0.2) is 29.3 Å². The Kier molecular flexibility index (Phi) is 3.80. The Morgan fingerprint density at radius 3 is 2.68 bits per heavy atom. The van der Waals surface area contributed by atoms with E-state index in [-0.39, 0.29) is 10.5 Å². The van der Waals surface area contributed by atoms with Crippen LogP contribution in [-0.2, 0) is 13.1 Å². The van der Waals surface area contributed by atoms with E-state index < -0.39 is 0 Å². The summed E-state index contributed by atoms with van der Waals surface area (Å²) in [6.07, 6.45) is 3.64. The van der Waals surface area contributed by atoms with Crippen LogP contribution in [0.1, 0.15) is 17.1 Å². The van der Waals surface area contributed by atoms with E-state index >= 15 is 0 Å². The van der Waals surface area contributed by atoms with Gasteiger partial charge in [0.05, 0.1) is 5.56 Å². The van der Waals surface area contributed by atoms with Gasteiger partial charge in [0.25, 0.3) is 5.56 Å². The van der Waals surface area contributed by atoms with Gasteiger partial charge in [0.15, 0.2) is 0 Å². The van der Waals surface area contributed by atoms with Crippen molar-refractivity contribution >= 4 is 17.2 Å². The number of pyridine rings is 1. The predicted octanol–water partition coefficient (Wildman–Crippen LogP) is 0.996. The fourth-order valence-corrected chi connectivity index (χ4v) is 2.14. The average molecular weight is 276 g/mol. The third kappa shape index (κ3) is 2.73. The largest absolute Gasteiger partial charge is 0.389 e. The molecule has 0 saturated carbocycles. The molecule has 0 unspecified atom stereocenters. The lowest BCUT2D eigenvalue weighted by Crippen LogP contribution is -2.31. The van der Waals surface area contributed by atoms with E-state index in [1.807, 2.05) is 30.7 Å². The minimum Gasteiger partial charge on any atom is -0.389 e. The first kappa shape index (κ1) is 13.5. The van der Waals surface area contributed by atoms with Crippen molar-refractivity contribution in [2.75, 3.05) is 0 Å². The van der Waals surface area contributed by atoms with Crippen LogP contribution < -0.4 is 11.3 Å². The molecule has 2 rings (SSSR count). The monoisotopic (exact) mass is 276 g/mol. The molecule has 0 aliphatic heterocycles. The van der Waals surface area contributed by atoms with Gasteiger partial charge in [-0.2, -0.15) is 0 Å². The Bertz CT molecular complexity index is 672. The molecule has 0 aliphatic rings. The van der Waals surface area contributed by atoms with E-state index in [1.54, 1.807) is 16.8 Å². The zero-order valence-corrected chi connectivity index (χ0v) is 11.8. The van der Waals surface area contributed by atoms with Gasteiger partial charge in [-0.1, -0.05) is 12.2 Å². The Hall–Kier alpha value is -1.95. The van der Waals surface area contributed by atoms with Crippen LogP contribution in [0.3, 0.4) is 0 Å². The normalized spacial score (nSPS) is 10.6. The summed E-state index contributed by atoms with van der Waals surface area (Å²) in [5.41, 5.74) is 6.70. The van der Waals surface area contributed by atoms with Crippen molar-refractivity contribution in [1.29, 1.82) is 0 Å². The molecule has 0 aromatic carbocycles. The fourth-order valence-electron chi connectivity index (χ4n) is 1.98. The van der Waals surface area contributed by atoms with Crippen LogP contribution in [0, 0.1) is 13.8 Å². The van der Waals surface area contributed by atoms with Crippen molar-refractivity contribution in [1.82, 2.24) is 14.1 Å². The number of rotatable bonds is 4. The van der Waals surface area contributed by atoms with Gasteiger partial charge in [-0.05, 0) is 26.0 Å². The predicted molar refractivity (Wildman–Crippen MR) is 78.3 cm³/mol. The Morgan fingerprint density at radius 1 is 1.37 bits per heavy atom. The number of aryl methyl sites for hydroxylation is 3. The second-order valence-electron chi connectivity index (χ2n) is 4.38. The van der Waals surface area contributed by atoms with E-state index in [0.29, 0.717) is 18.7 Å². The Balaban J connectivity index is 2.30. The minimum atomic E-state index is -0.134. The van der Waals surface area contributed by atoms with E-state index in [2.05, 4.69) is 4.98 Å². The molecule has 0 atom stereocenters. The lowest BCUT2D eigenvalue weighted by molar-refractivity contribution is 0.545. The molecule has 0 fully saturated rings. The SMILES string of the molecule is Cc1nccn1CCn1c(C)ccc(C(N)=S)c1=O. The van der Waals surface area contributed by atoms with Gasteiger partial charge in [0, 0.05) is 31.2 Å². The van der Waals surface area contributed by atoms with Gasteiger partial charge < -0.3 is 14.9 Å². The number of nitrogens with zero attached hydrogens (tertiary/aromatic N) is 3. The molecule has 100 valence electrons. The van der Waals surface area contributed by atoms with Crippen LogP contribution in [-0.4, -0.2) is 19.1 Å². The molecule has 2 heterocycles. The number of aromatic nitrogens is 3. The van der Waals surface area contributed by atoms with Crippen molar-refractivity contribution in [3.05, 3.63) is 52.0 Å². The Labute approximate surface area is 116 Å². The molecule has 0 aliphatic carbocycles. The molecular formula is C13H16N4OS. The van der Waals surface area contributed by atoms with Crippen molar-refractivity contribution < 1.29 is 0 Å². The van der Waals surface area contributed by atoms with Crippen LogP contribution in [0.4, 0.5) is 0 Å². The van der Waals surface area contributed by atoms with Gasteiger partial charge in [-0.3, -0.25) is 4.79 Å². The zero-order valence-electron chi connectivity index (χ0n) is 11.0. The summed E-state index contributed by atoms with van der Waals surface area (Å²) in [5, 5.41) is 0. The number of nitrogens with two attached hydrogens (primary N) is 1. The molecule has 0 spiro atoms. The molecule has 0 saturated heterocycles. The number of hydrogen-bond acceptors (Lipinski definition) is 3. The molecule has 0 radical (unpaired) electrons. The molecule has 2 aromatic heterocycles. The number of hydrogen-bond donors (Lipinski definition) is 1. The van der Waals surface area contributed by atoms with Crippen LogP contribution in [0.25, 0.3) is 0 Å². The van der Waals surface area contributed by atoms with Gasteiger partial charge >= 0.3 is 0 Å². The average Bonchev–Trinajstić information content (AvgIpc) is 2.74. The molecule has 6 heteroatoms. The van der Waals surface area contributed by atoms with Crippen LogP contribution in [0.5, 0.6) is 0 Å². The summed E-state index contributed by atoms with van der Waals surface area (Å²) >= 11 is 4.89. The van der Waals surface area contributed by atoms with E-state index in [0.717, 1.165) is 11.5 Å². The topological polar surface area (TPSA) is 65.8 Å². The molecule has 19 heavy (non-hydrogen) atoms. The molecule has 0 bridgehead atoms. The molecule has 2 aromatic rings. The summed E-state index contributed by atoms with van der Waals surface area (Å²) in [6.45, 7) is 5.08. The maximum atomic E-state index is 12.2. The van der Waals surface area contributed by atoms with E-state index in [9.17, 15) is 4.79 Å². The van der Waals surface area contributed by atoms with Gasteiger partial charge in [0.2, 0.25) is 0 Å². The molecule has 5 nitrogen and oxygen atoms in total. The Morgan fingerprint density at radius 2 is 2.11 bits per heavy atom. The first-order valence-corrected chi connectivity index (χ1v) is 6.39. The van der Waals surface area contributed by atoms with Crippen molar-refractivity contribution in [3.8, 4) is 0 Å². The van der Waals surface area contributed by atoms with Gasteiger partial charge in [-0.25, -0.2) is 4.98 Å². The second-order valence-corrected chi connectivity index (χ2v) is 4.82. The highest BCUT2D eigenvalue weighted by Crippen LogP contribution is 2.01. The van der Waals surface area contributed by atoms with Gasteiger partial charge in [0.1, 0.15) is 10.8 Å². The molecule has 2 N–H and O–H groups in total. The van der Waals surface area contributed by atoms with E-state index in [4.69, 9.17) is 18.0 Å². The third-order valence-electron chi connectivity index (χ3n) is 3.15. The van der Waals surface area contributed by atoms with Gasteiger partial charge in [-0.15, -0.1) is 0 Å². The minimum absolute atomic E-state index is 0.134. The van der Waals surface area contributed by atoms with Crippen molar-refractivity contribution in [2.45, 2.75) is 26.9 Å². The summed E-state index contributed by atoms with van der Waals surface area (Å²) in [5.74, 6) is 0.927. The maximum Gasteiger partial charge on any atom is 0.261 e. The summed E-state index contributed by atoms with van der Waals surface area (Å²) in [7, 11) is 0. The number of thiocarbonyl (C=S) groups is 1. The third-order valence-corrected chi connectivity index (χ3v) is 3.37. The van der Waals surface area contributed by atoms with Crippen molar-refractivity contribution in [3.63, 3.8) is 0 Å². The van der Waals surface area contributed by atoms with Crippen LogP contribution >= 0.6 is 12.2 Å². The second kappa shape index (κ2) is 5.36.